The summed E-state index contributed by atoms with van der Waals surface area (Å²) in [6.45, 7) is 6.14. The lowest BCUT2D eigenvalue weighted by Crippen LogP contribution is -2.39. The highest BCUT2D eigenvalue weighted by Gasteiger charge is 2.17. The Morgan fingerprint density at radius 3 is 2.88 bits per heavy atom. The first-order chi connectivity index (χ1) is 12.3. The normalized spacial score (nSPS) is 13.6. The molecule has 2 aromatic rings. The van der Waals surface area contributed by atoms with Crippen LogP contribution in [0.4, 0.5) is 4.79 Å². The molecule has 0 spiro atoms. The fraction of sp³-hybridized carbons (Fsp3) is 0.421. The summed E-state index contributed by atoms with van der Waals surface area (Å²) in [6.07, 6.45) is 6.24. The van der Waals surface area contributed by atoms with Crippen molar-refractivity contribution in [2.45, 2.75) is 45.3 Å². The summed E-state index contributed by atoms with van der Waals surface area (Å²) in [7, 11) is 0. The number of carbonyl (C=O) groups excluding carboxylic acids is 1. The molecule has 1 N–H and O–H groups in total. The Hall–Kier alpha value is -2.63. The van der Waals surface area contributed by atoms with Crippen LogP contribution in [-0.2, 0) is 26.1 Å². The Bertz CT molecular complexity index is 710. The van der Waals surface area contributed by atoms with Gasteiger partial charge in [0.15, 0.2) is 5.82 Å². The number of aryl methyl sites for hydroxylation is 1. The zero-order valence-corrected chi connectivity index (χ0v) is 14.5. The fourth-order valence-electron chi connectivity index (χ4n) is 3.12. The number of nitrogens with zero attached hydrogens (tertiary/aromatic N) is 4. The van der Waals surface area contributed by atoms with Crippen LogP contribution >= 0.6 is 0 Å². The van der Waals surface area contributed by atoms with Gasteiger partial charge in [-0.15, -0.1) is 16.8 Å². The Balaban J connectivity index is 1.62. The average Bonchev–Trinajstić information content (AvgIpc) is 2.86. The molecule has 1 aromatic carbocycles. The average molecular weight is 339 g/mol. The highest BCUT2D eigenvalue weighted by molar-refractivity contribution is 5.74. The number of hydrogen-bond donors (Lipinski definition) is 1. The lowest BCUT2D eigenvalue weighted by Gasteiger charge is -2.21. The summed E-state index contributed by atoms with van der Waals surface area (Å²) >= 11 is 0. The van der Waals surface area contributed by atoms with Crippen molar-refractivity contribution in [3.05, 3.63) is 60.2 Å². The molecule has 132 valence electrons. The lowest BCUT2D eigenvalue weighted by atomic mass is 10.2. The summed E-state index contributed by atoms with van der Waals surface area (Å²) in [4.78, 5) is 14.3. The van der Waals surface area contributed by atoms with Crippen LogP contribution in [0, 0.1) is 0 Å². The fourth-order valence-corrected chi connectivity index (χ4v) is 3.12. The maximum atomic E-state index is 12.6. The molecule has 1 aliphatic heterocycles. The Labute approximate surface area is 148 Å². The quantitative estimate of drug-likeness (QED) is 0.823. The number of fused-ring (bicyclic) bond motifs is 1. The number of benzene rings is 1. The third kappa shape index (κ3) is 4.47. The van der Waals surface area contributed by atoms with Crippen LogP contribution in [0.2, 0.25) is 0 Å². The number of urea groups is 1. The van der Waals surface area contributed by atoms with E-state index in [0.29, 0.717) is 19.6 Å². The minimum absolute atomic E-state index is 0.116. The van der Waals surface area contributed by atoms with Crippen molar-refractivity contribution >= 4 is 6.03 Å². The molecule has 0 saturated heterocycles. The summed E-state index contributed by atoms with van der Waals surface area (Å²) in [6, 6.07) is 9.84. The van der Waals surface area contributed by atoms with E-state index in [1.54, 1.807) is 11.0 Å². The Kier molecular flexibility index (Phi) is 5.82. The highest BCUT2D eigenvalue weighted by atomic mass is 16.2. The van der Waals surface area contributed by atoms with Crippen molar-refractivity contribution < 1.29 is 4.79 Å². The predicted octanol–water partition coefficient (Wildman–Crippen LogP) is 2.90. The molecule has 0 bridgehead atoms. The van der Waals surface area contributed by atoms with E-state index in [0.717, 1.165) is 43.0 Å². The first-order valence-corrected chi connectivity index (χ1v) is 8.86. The topological polar surface area (TPSA) is 63.1 Å². The number of rotatable bonds is 6. The molecule has 0 aliphatic carbocycles. The first kappa shape index (κ1) is 17.2. The standard InChI is InChI=1S/C19H25N5O/c1-2-12-23(15-16-9-5-3-6-10-16)19(25)20-14-18-22-21-17-11-7-4-8-13-24(17)18/h2-3,5-6,9-10H,1,4,7-8,11-15H2,(H,20,25). The second-order valence-corrected chi connectivity index (χ2v) is 6.31. The smallest absolute Gasteiger partial charge is 0.318 e. The van der Waals surface area contributed by atoms with Crippen LogP contribution in [0.1, 0.15) is 36.5 Å². The molecule has 1 aliphatic rings. The lowest BCUT2D eigenvalue weighted by molar-refractivity contribution is 0.200. The number of nitrogens with one attached hydrogen (secondary N) is 1. The molecule has 6 heteroatoms. The van der Waals surface area contributed by atoms with E-state index >= 15 is 0 Å². The largest absolute Gasteiger partial charge is 0.331 e. The van der Waals surface area contributed by atoms with Gasteiger partial charge in [0.2, 0.25) is 0 Å². The number of carbonyl (C=O) groups is 1. The van der Waals surface area contributed by atoms with Crippen molar-refractivity contribution in [1.82, 2.24) is 25.0 Å². The van der Waals surface area contributed by atoms with Gasteiger partial charge in [-0.2, -0.15) is 0 Å². The van der Waals surface area contributed by atoms with Gasteiger partial charge in [-0.05, 0) is 18.4 Å². The molecular formula is C19H25N5O. The minimum Gasteiger partial charge on any atom is -0.331 e. The molecule has 2 amide bonds. The second kappa shape index (κ2) is 8.46. The van der Waals surface area contributed by atoms with E-state index in [-0.39, 0.29) is 6.03 Å². The molecule has 0 atom stereocenters. The van der Waals surface area contributed by atoms with Gasteiger partial charge < -0.3 is 14.8 Å². The van der Waals surface area contributed by atoms with Gasteiger partial charge >= 0.3 is 6.03 Å². The van der Waals surface area contributed by atoms with Gasteiger partial charge in [-0.3, -0.25) is 0 Å². The van der Waals surface area contributed by atoms with E-state index in [2.05, 4.69) is 26.7 Å². The van der Waals surface area contributed by atoms with Crippen LogP contribution in [-0.4, -0.2) is 32.2 Å². The summed E-state index contributed by atoms with van der Waals surface area (Å²) in [5.74, 6) is 1.87. The summed E-state index contributed by atoms with van der Waals surface area (Å²) in [5.41, 5.74) is 1.09. The molecule has 1 aromatic heterocycles. The molecule has 6 nitrogen and oxygen atoms in total. The van der Waals surface area contributed by atoms with E-state index in [4.69, 9.17) is 0 Å². The van der Waals surface area contributed by atoms with Gasteiger partial charge in [0.05, 0.1) is 6.54 Å². The number of aromatic nitrogens is 3. The van der Waals surface area contributed by atoms with Gasteiger partial charge in [0.1, 0.15) is 5.82 Å². The van der Waals surface area contributed by atoms with Crippen molar-refractivity contribution in [2.75, 3.05) is 6.54 Å². The van der Waals surface area contributed by atoms with Crippen LogP contribution in [0.3, 0.4) is 0 Å². The number of amides is 2. The van der Waals surface area contributed by atoms with Crippen LogP contribution in [0.5, 0.6) is 0 Å². The second-order valence-electron chi connectivity index (χ2n) is 6.31. The zero-order chi connectivity index (χ0) is 17.5. The van der Waals surface area contributed by atoms with E-state index in [9.17, 15) is 4.79 Å². The zero-order valence-electron chi connectivity index (χ0n) is 14.5. The highest BCUT2D eigenvalue weighted by Crippen LogP contribution is 2.14. The Morgan fingerprint density at radius 1 is 1.24 bits per heavy atom. The van der Waals surface area contributed by atoms with Crippen molar-refractivity contribution in [3.63, 3.8) is 0 Å². The predicted molar refractivity (Wildman–Crippen MR) is 96.9 cm³/mol. The third-order valence-corrected chi connectivity index (χ3v) is 4.44. The molecule has 2 heterocycles. The maximum Gasteiger partial charge on any atom is 0.318 e. The van der Waals surface area contributed by atoms with Gasteiger partial charge in [-0.1, -0.05) is 42.8 Å². The van der Waals surface area contributed by atoms with Crippen LogP contribution in [0.15, 0.2) is 43.0 Å². The van der Waals surface area contributed by atoms with E-state index in [1.807, 2.05) is 30.3 Å². The molecule has 25 heavy (non-hydrogen) atoms. The minimum atomic E-state index is -0.116. The Morgan fingerprint density at radius 2 is 2.08 bits per heavy atom. The van der Waals surface area contributed by atoms with Crippen molar-refractivity contribution in [1.29, 1.82) is 0 Å². The molecule has 3 rings (SSSR count). The van der Waals surface area contributed by atoms with Gasteiger partial charge in [0.25, 0.3) is 0 Å². The van der Waals surface area contributed by atoms with Gasteiger partial charge in [-0.25, -0.2) is 4.79 Å². The third-order valence-electron chi connectivity index (χ3n) is 4.44. The molecule has 0 fully saturated rings. The maximum absolute atomic E-state index is 12.6. The monoisotopic (exact) mass is 339 g/mol. The number of hydrogen-bond acceptors (Lipinski definition) is 3. The van der Waals surface area contributed by atoms with E-state index in [1.165, 1.54) is 6.42 Å². The van der Waals surface area contributed by atoms with Crippen LogP contribution in [0.25, 0.3) is 0 Å². The van der Waals surface area contributed by atoms with Crippen molar-refractivity contribution in [3.8, 4) is 0 Å². The van der Waals surface area contributed by atoms with Crippen LogP contribution < -0.4 is 5.32 Å². The van der Waals surface area contributed by atoms with Crippen molar-refractivity contribution in [2.24, 2.45) is 0 Å². The molecule has 0 unspecified atom stereocenters. The van der Waals surface area contributed by atoms with E-state index < -0.39 is 0 Å². The molecule has 0 saturated carbocycles. The van der Waals surface area contributed by atoms with Gasteiger partial charge in [0, 0.05) is 26.1 Å². The summed E-state index contributed by atoms with van der Waals surface area (Å²) in [5, 5.41) is 11.5. The molecular weight excluding hydrogens is 314 g/mol. The SMILES string of the molecule is C=CCN(Cc1ccccc1)C(=O)NCc1nnc2n1CCCCC2. The summed E-state index contributed by atoms with van der Waals surface area (Å²) < 4.78 is 2.16. The molecule has 0 radical (unpaired) electrons. The first-order valence-electron chi connectivity index (χ1n) is 8.86.